The van der Waals surface area contributed by atoms with Gasteiger partial charge in [0.1, 0.15) is 12.6 Å². The van der Waals surface area contributed by atoms with Gasteiger partial charge in [-0.3, -0.25) is 4.79 Å². The smallest absolute Gasteiger partial charge is 0.407 e. The lowest BCUT2D eigenvalue weighted by atomic mass is 9.98. The zero-order valence-corrected chi connectivity index (χ0v) is 19.6. The average Bonchev–Trinajstić information content (AvgIpc) is 3.11. The molecule has 2 N–H and O–H groups in total. The quantitative estimate of drug-likeness (QED) is 0.593. The number of benzene rings is 2. The number of carboxylic acids is 1. The van der Waals surface area contributed by atoms with E-state index in [9.17, 15) is 19.5 Å². The summed E-state index contributed by atoms with van der Waals surface area (Å²) in [7, 11) is 0. The zero-order chi connectivity index (χ0) is 24.1. The molecule has 0 aromatic heterocycles. The molecule has 0 bridgehead atoms. The summed E-state index contributed by atoms with van der Waals surface area (Å²) in [4.78, 5) is 38.0. The number of ether oxygens (including phenoxy) is 1. The number of carboxylic acid groups (broad SMARTS) is 1. The maximum Gasteiger partial charge on any atom is 0.407 e. The standard InChI is InChI=1S/C26H32N2O5/c1-5-28(17(4)25(30)31)24(29)14-23(16(2)3)27-26(32)33-15-22-20-12-8-6-10-18(20)19-11-7-9-13-21(19)22/h6-13,16-17,22-23H,5,14-15H2,1-4H3,(H,27,32)(H,30,31)/t17?,23-/m1/s1. The number of hydrogen-bond acceptors (Lipinski definition) is 4. The van der Waals surface area contributed by atoms with Crippen LogP contribution in [0.5, 0.6) is 0 Å². The SMILES string of the molecule is CCN(C(=O)C[C@@H](NC(=O)OCC1c2ccccc2-c2ccccc21)C(C)C)C(C)C(=O)O. The molecular weight excluding hydrogens is 420 g/mol. The van der Waals surface area contributed by atoms with Crippen molar-refractivity contribution in [2.75, 3.05) is 13.2 Å². The molecule has 7 nitrogen and oxygen atoms in total. The average molecular weight is 453 g/mol. The van der Waals surface area contributed by atoms with E-state index in [1.54, 1.807) is 6.92 Å². The van der Waals surface area contributed by atoms with Gasteiger partial charge in [-0.15, -0.1) is 0 Å². The molecule has 0 radical (unpaired) electrons. The molecule has 0 saturated carbocycles. The van der Waals surface area contributed by atoms with Crippen molar-refractivity contribution in [2.45, 2.75) is 52.1 Å². The first-order chi connectivity index (χ1) is 15.7. The maximum absolute atomic E-state index is 12.7. The monoisotopic (exact) mass is 452 g/mol. The van der Waals surface area contributed by atoms with Gasteiger partial charge in [0.05, 0.1) is 0 Å². The molecule has 1 unspecified atom stereocenters. The van der Waals surface area contributed by atoms with E-state index in [2.05, 4.69) is 29.6 Å². The van der Waals surface area contributed by atoms with Crippen molar-refractivity contribution in [3.63, 3.8) is 0 Å². The number of hydrogen-bond donors (Lipinski definition) is 2. The van der Waals surface area contributed by atoms with Crippen LogP contribution in [0.2, 0.25) is 0 Å². The summed E-state index contributed by atoms with van der Waals surface area (Å²) in [6.07, 6.45) is -0.578. The summed E-state index contributed by atoms with van der Waals surface area (Å²) in [5.74, 6) is -1.46. The van der Waals surface area contributed by atoms with Crippen LogP contribution in [0.4, 0.5) is 4.79 Å². The Morgan fingerprint density at radius 1 is 1.00 bits per heavy atom. The first-order valence-electron chi connectivity index (χ1n) is 11.4. The molecule has 0 saturated heterocycles. The van der Waals surface area contributed by atoms with Crippen LogP contribution < -0.4 is 5.32 Å². The van der Waals surface area contributed by atoms with Crippen molar-refractivity contribution in [3.8, 4) is 11.1 Å². The summed E-state index contributed by atoms with van der Waals surface area (Å²) in [5.41, 5.74) is 4.56. The summed E-state index contributed by atoms with van der Waals surface area (Å²) in [6.45, 7) is 7.49. The molecule has 0 aliphatic heterocycles. The fourth-order valence-corrected chi connectivity index (χ4v) is 4.35. The lowest BCUT2D eigenvalue weighted by Gasteiger charge is -2.29. The van der Waals surface area contributed by atoms with Crippen LogP contribution in [-0.2, 0) is 14.3 Å². The van der Waals surface area contributed by atoms with Gasteiger partial charge in [-0.25, -0.2) is 9.59 Å². The van der Waals surface area contributed by atoms with Gasteiger partial charge < -0.3 is 20.1 Å². The van der Waals surface area contributed by atoms with E-state index in [1.807, 2.05) is 38.1 Å². The predicted molar refractivity (Wildman–Crippen MR) is 126 cm³/mol. The highest BCUT2D eigenvalue weighted by atomic mass is 16.5. The minimum absolute atomic E-state index is 0.00726. The van der Waals surface area contributed by atoms with Crippen molar-refractivity contribution in [2.24, 2.45) is 5.92 Å². The van der Waals surface area contributed by atoms with E-state index in [0.29, 0.717) is 0 Å². The van der Waals surface area contributed by atoms with Crippen LogP contribution in [0.1, 0.15) is 51.2 Å². The Bertz CT molecular complexity index is 974. The number of amides is 2. The number of fused-ring (bicyclic) bond motifs is 3. The van der Waals surface area contributed by atoms with E-state index in [1.165, 1.54) is 11.8 Å². The fraction of sp³-hybridized carbons (Fsp3) is 0.423. The molecule has 2 aromatic rings. The molecule has 1 aliphatic carbocycles. The highest BCUT2D eigenvalue weighted by Gasteiger charge is 2.31. The Labute approximate surface area is 194 Å². The van der Waals surface area contributed by atoms with Crippen molar-refractivity contribution in [1.82, 2.24) is 10.2 Å². The van der Waals surface area contributed by atoms with Gasteiger partial charge in [-0.1, -0.05) is 62.4 Å². The second-order valence-electron chi connectivity index (χ2n) is 8.72. The van der Waals surface area contributed by atoms with E-state index in [4.69, 9.17) is 4.74 Å². The van der Waals surface area contributed by atoms with Gasteiger partial charge in [0, 0.05) is 24.9 Å². The topological polar surface area (TPSA) is 95.9 Å². The second-order valence-corrected chi connectivity index (χ2v) is 8.72. The Kier molecular flexibility index (Phi) is 7.74. The highest BCUT2D eigenvalue weighted by Crippen LogP contribution is 2.44. The number of alkyl carbamates (subject to hydrolysis) is 1. The van der Waals surface area contributed by atoms with E-state index in [-0.39, 0.29) is 37.3 Å². The Balaban J connectivity index is 1.64. The van der Waals surface area contributed by atoms with E-state index in [0.717, 1.165) is 22.3 Å². The molecule has 2 amide bonds. The summed E-state index contributed by atoms with van der Waals surface area (Å²) >= 11 is 0. The van der Waals surface area contributed by atoms with Gasteiger partial charge in [-0.05, 0) is 42.0 Å². The third-order valence-electron chi connectivity index (χ3n) is 6.33. The van der Waals surface area contributed by atoms with Crippen LogP contribution in [0.15, 0.2) is 48.5 Å². The van der Waals surface area contributed by atoms with E-state index < -0.39 is 24.1 Å². The van der Waals surface area contributed by atoms with Gasteiger partial charge in [0.2, 0.25) is 5.91 Å². The summed E-state index contributed by atoms with van der Waals surface area (Å²) < 4.78 is 5.61. The molecular formula is C26H32N2O5. The molecule has 0 fully saturated rings. The lowest BCUT2D eigenvalue weighted by Crippen LogP contribution is -2.47. The fourth-order valence-electron chi connectivity index (χ4n) is 4.35. The molecule has 0 heterocycles. The van der Waals surface area contributed by atoms with Gasteiger partial charge in [-0.2, -0.15) is 0 Å². The van der Waals surface area contributed by atoms with E-state index >= 15 is 0 Å². The number of carbonyl (C=O) groups is 3. The minimum Gasteiger partial charge on any atom is -0.480 e. The van der Waals surface area contributed by atoms with Gasteiger partial charge in [0.25, 0.3) is 0 Å². The molecule has 176 valence electrons. The molecule has 0 spiro atoms. The third-order valence-corrected chi connectivity index (χ3v) is 6.33. The summed E-state index contributed by atoms with van der Waals surface area (Å²) in [6, 6.07) is 14.8. The van der Waals surface area contributed by atoms with Crippen molar-refractivity contribution < 1.29 is 24.2 Å². The summed E-state index contributed by atoms with van der Waals surface area (Å²) in [5, 5.41) is 12.1. The number of nitrogens with zero attached hydrogens (tertiary/aromatic N) is 1. The normalized spacial score (nSPS) is 14.2. The minimum atomic E-state index is -1.06. The first-order valence-corrected chi connectivity index (χ1v) is 11.4. The molecule has 1 aliphatic rings. The van der Waals surface area contributed by atoms with Gasteiger partial charge in [0.15, 0.2) is 0 Å². The number of carbonyl (C=O) groups excluding carboxylic acids is 2. The largest absolute Gasteiger partial charge is 0.480 e. The number of rotatable bonds is 9. The zero-order valence-electron chi connectivity index (χ0n) is 19.6. The Morgan fingerprint density at radius 2 is 1.55 bits per heavy atom. The van der Waals surface area contributed by atoms with Crippen molar-refractivity contribution >= 4 is 18.0 Å². The number of aliphatic carboxylic acids is 1. The number of likely N-dealkylation sites (N-methyl/N-ethyl adjacent to an activating group) is 1. The molecule has 2 aromatic carbocycles. The van der Waals surface area contributed by atoms with Crippen molar-refractivity contribution in [3.05, 3.63) is 59.7 Å². The molecule has 33 heavy (non-hydrogen) atoms. The molecule has 2 atom stereocenters. The number of nitrogens with one attached hydrogen (secondary N) is 1. The van der Waals surface area contributed by atoms with Crippen LogP contribution in [0.3, 0.4) is 0 Å². The van der Waals surface area contributed by atoms with Crippen molar-refractivity contribution in [1.29, 1.82) is 0 Å². The maximum atomic E-state index is 12.7. The molecule has 3 rings (SSSR count). The predicted octanol–water partition coefficient (Wildman–Crippen LogP) is 4.26. The van der Waals surface area contributed by atoms with Gasteiger partial charge >= 0.3 is 12.1 Å². The second kappa shape index (κ2) is 10.5. The lowest BCUT2D eigenvalue weighted by molar-refractivity contribution is -0.149. The third kappa shape index (κ3) is 5.35. The van der Waals surface area contributed by atoms with Crippen LogP contribution in [-0.4, -0.2) is 53.2 Å². The molecule has 7 heteroatoms. The first kappa shape index (κ1) is 24.3. The Hall–Kier alpha value is -3.35. The van der Waals surface area contributed by atoms with Crippen LogP contribution in [0.25, 0.3) is 11.1 Å². The van der Waals surface area contributed by atoms with Crippen LogP contribution >= 0.6 is 0 Å². The Morgan fingerprint density at radius 3 is 2.03 bits per heavy atom. The van der Waals surface area contributed by atoms with Crippen LogP contribution in [0, 0.1) is 5.92 Å². The highest BCUT2D eigenvalue weighted by molar-refractivity contribution is 5.84.